The molecule has 35 heavy (non-hydrogen) atoms. The SMILES string of the molecule is O=C1NC(=O)N(c2cccc([N+](=O)[O-])c2)C(=O)/C1=C/c1cc(Br)ccc1OCc1ccccc1F. The monoisotopic (exact) mass is 539 g/mol. The molecule has 0 bridgehead atoms. The Balaban J connectivity index is 1.69. The number of anilines is 1. The first-order chi connectivity index (χ1) is 16.7. The second-order valence-corrected chi connectivity index (χ2v) is 8.21. The second kappa shape index (κ2) is 9.85. The molecule has 9 nitrogen and oxygen atoms in total. The summed E-state index contributed by atoms with van der Waals surface area (Å²) in [5.74, 6) is -2.11. The molecular weight excluding hydrogens is 525 g/mol. The smallest absolute Gasteiger partial charge is 0.335 e. The normalized spacial score (nSPS) is 14.7. The van der Waals surface area contributed by atoms with Gasteiger partial charge in [0.15, 0.2) is 0 Å². The van der Waals surface area contributed by atoms with Crippen molar-refractivity contribution >= 4 is 51.2 Å². The van der Waals surface area contributed by atoms with E-state index in [0.717, 1.165) is 6.07 Å². The zero-order chi connectivity index (χ0) is 25.1. The Morgan fingerprint density at radius 1 is 1.06 bits per heavy atom. The van der Waals surface area contributed by atoms with Gasteiger partial charge in [0.2, 0.25) is 0 Å². The molecule has 3 aromatic carbocycles. The molecule has 1 fully saturated rings. The molecule has 0 spiro atoms. The molecule has 11 heteroatoms. The molecule has 0 aromatic heterocycles. The van der Waals surface area contributed by atoms with Crippen LogP contribution in [0.3, 0.4) is 0 Å². The number of ether oxygens (including phenoxy) is 1. The average molecular weight is 540 g/mol. The number of halogens is 2. The van der Waals surface area contributed by atoms with Gasteiger partial charge in [0.1, 0.15) is 23.7 Å². The number of rotatable bonds is 6. The minimum atomic E-state index is -1.04. The third-order valence-electron chi connectivity index (χ3n) is 5.01. The summed E-state index contributed by atoms with van der Waals surface area (Å²) in [6.45, 7) is -0.108. The van der Waals surface area contributed by atoms with Gasteiger partial charge in [-0.2, -0.15) is 0 Å². The van der Waals surface area contributed by atoms with Crippen molar-refractivity contribution in [2.24, 2.45) is 0 Å². The van der Waals surface area contributed by atoms with Crippen molar-refractivity contribution in [1.29, 1.82) is 0 Å². The Hall–Kier alpha value is -4.38. The van der Waals surface area contributed by atoms with Gasteiger partial charge in [-0.05, 0) is 36.4 Å². The molecule has 0 radical (unpaired) electrons. The maximum atomic E-state index is 14.0. The molecule has 4 amide bonds. The van der Waals surface area contributed by atoms with Gasteiger partial charge in [-0.15, -0.1) is 0 Å². The van der Waals surface area contributed by atoms with Crippen LogP contribution in [0.25, 0.3) is 6.08 Å². The largest absolute Gasteiger partial charge is 0.488 e. The number of hydrogen-bond acceptors (Lipinski definition) is 6. The van der Waals surface area contributed by atoms with Gasteiger partial charge in [-0.1, -0.05) is 40.2 Å². The Bertz CT molecular complexity index is 1410. The molecular formula is C24H15BrFN3O6. The van der Waals surface area contributed by atoms with Gasteiger partial charge in [0, 0.05) is 27.7 Å². The van der Waals surface area contributed by atoms with Crippen LogP contribution in [0.2, 0.25) is 0 Å². The predicted octanol–water partition coefficient (Wildman–Crippen LogP) is 4.74. The fraction of sp³-hybridized carbons (Fsp3) is 0.0417. The van der Waals surface area contributed by atoms with Crippen molar-refractivity contribution < 1.29 is 28.4 Å². The molecule has 3 aromatic rings. The molecule has 0 atom stereocenters. The highest BCUT2D eigenvalue weighted by atomic mass is 79.9. The maximum Gasteiger partial charge on any atom is 0.335 e. The van der Waals surface area contributed by atoms with Crippen LogP contribution in [-0.2, 0) is 16.2 Å². The van der Waals surface area contributed by atoms with Crippen LogP contribution in [0, 0.1) is 15.9 Å². The molecule has 0 unspecified atom stereocenters. The first-order valence-corrected chi connectivity index (χ1v) is 10.9. The van der Waals surface area contributed by atoms with Gasteiger partial charge in [-0.25, -0.2) is 14.1 Å². The van der Waals surface area contributed by atoms with Gasteiger partial charge in [0.25, 0.3) is 17.5 Å². The third-order valence-corrected chi connectivity index (χ3v) is 5.51. The number of nitrogens with one attached hydrogen (secondary N) is 1. The molecule has 1 heterocycles. The molecule has 0 aliphatic carbocycles. The number of urea groups is 1. The number of non-ortho nitro benzene ring substituents is 1. The number of carbonyl (C=O) groups excluding carboxylic acids is 3. The van der Waals surface area contributed by atoms with Crippen LogP contribution < -0.4 is 15.0 Å². The van der Waals surface area contributed by atoms with E-state index < -0.39 is 34.2 Å². The molecule has 4 rings (SSSR count). The minimum Gasteiger partial charge on any atom is -0.488 e. The first kappa shape index (κ1) is 23.8. The number of nitrogens with zero attached hydrogens (tertiary/aromatic N) is 2. The average Bonchev–Trinajstić information content (AvgIpc) is 2.82. The first-order valence-electron chi connectivity index (χ1n) is 10.1. The molecule has 1 aliphatic heterocycles. The van der Waals surface area contributed by atoms with E-state index in [1.807, 2.05) is 0 Å². The summed E-state index contributed by atoms with van der Waals surface area (Å²) in [4.78, 5) is 49.2. The van der Waals surface area contributed by atoms with E-state index in [4.69, 9.17) is 4.74 Å². The van der Waals surface area contributed by atoms with Gasteiger partial charge >= 0.3 is 6.03 Å². The van der Waals surface area contributed by atoms with Crippen LogP contribution in [0.1, 0.15) is 11.1 Å². The van der Waals surface area contributed by atoms with Crippen molar-refractivity contribution in [2.45, 2.75) is 6.61 Å². The van der Waals surface area contributed by atoms with E-state index in [9.17, 15) is 28.9 Å². The highest BCUT2D eigenvalue weighted by Crippen LogP contribution is 2.29. The quantitative estimate of drug-likeness (QED) is 0.209. The van der Waals surface area contributed by atoms with Gasteiger partial charge in [0.05, 0.1) is 10.6 Å². The number of amides is 4. The summed E-state index contributed by atoms with van der Waals surface area (Å²) in [5.41, 5.74) is -0.192. The fourth-order valence-electron chi connectivity index (χ4n) is 3.33. The summed E-state index contributed by atoms with van der Waals surface area (Å²) >= 11 is 3.32. The lowest BCUT2D eigenvalue weighted by molar-refractivity contribution is -0.384. The number of benzene rings is 3. The lowest BCUT2D eigenvalue weighted by Crippen LogP contribution is -2.54. The topological polar surface area (TPSA) is 119 Å². The van der Waals surface area contributed by atoms with E-state index in [2.05, 4.69) is 21.2 Å². The number of imide groups is 2. The highest BCUT2D eigenvalue weighted by Gasteiger charge is 2.37. The van der Waals surface area contributed by atoms with E-state index >= 15 is 0 Å². The van der Waals surface area contributed by atoms with E-state index in [1.165, 1.54) is 30.3 Å². The number of barbiturate groups is 1. The summed E-state index contributed by atoms with van der Waals surface area (Å²) in [6, 6.07) is 14.8. The Kier molecular flexibility index (Phi) is 6.69. The van der Waals surface area contributed by atoms with Crippen molar-refractivity contribution in [3.63, 3.8) is 0 Å². The van der Waals surface area contributed by atoms with Crippen molar-refractivity contribution in [3.05, 3.63) is 104 Å². The summed E-state index contributed by atoms with van der Waals surface area (Å²) in [7, 11) is 0. The second-order valence-electron chi connectivity index (χ2n) is 7.30. The van der Waals surface area contributed by atoms with Crippen molar-refractivity contribution in [3.8, 4) is 5.75 Å². The summed E-state index contributed by atoms with van der Waals surface area (Å²) in [5, 5.41) is 13.2. The molecule has 1 aliphatic rings. The lowest BCUT2D eigenvalue weighted by Gasteiger charge is -2.26. The van der Waals surface area contributed by atoms with E-state index in [0.29, 0.717) is 20.5 Å². The summed E-state index contributed by atoms with van der Waals surface area (Å²) < 4.78 is 20.3. The van der Waals surface area contributed by atoms with Crippen LogP contribution in [0.5, 0.6) is 5.75 Å². The number of nitro benzene ring substituents is 1. The number of carbonyl (C=O) groups is 3. The number of hydrogen-bond donors (Lipinski definition) is 1. The predicted molar refractivity (Wildman–Crippen MR) is 127 cm³/mol. The van der Waals surface area contributed by atoms with E-state index in [-0.39, 0.29) is 23.7 Å². The number of nitro groups is 1. The lowest BCUT2D eigenvalue weighted by atomic mass is 10.1. The third kappa shape index (κ3) is 5.09. The van der Waals surface area contributed by atoms with Gasteiger partial charge < -0.3 is 4.74 Å². The Labute approximate surface area is 206 Å². The van der Waals surface area contributed by atoms with Crippen LogP contribution in [0.4, 0.5) is 20.6 Å². The van der Waals surface area contributed by atoms with Crippen LogP contribution >= 0.6 is 15.9 Å². The molecule has 1 N–H and O–H groups in total. The van der Waals surface area contributed by atoms with Crippen molar-refractivity contribution in [2.75, 3.05) is 4.90 Å². The Morgan fingerprint density at radius 2 is 1.83 bits per heavy atom. The van der Waals surface area contributed by atoms with Crippen molar-refractivity contribution in [1.82, 2.24) is 5.32 Å². The summed E-state index contributed by atoms with van der Waals surface area (Å²) in [6.07, 6.45) is 1.23. The standard InChI is InChI=1S/C24H15BrFN3O6/c25-16-8-9-21(35-13-14-4-1-2-7-20(14)26)15(10-16)11-19-22(30)27-24(32)28(23(19)31)17-5-3-6-18(12-17)29(33)34/h1-12H,13H2,(H,27,30,32)/b19-11+. The molecule has 1 saturated heterocycles. The van der Waals surface area contributed by atoms with Crippen LogP contribution in [0.15, 0.2) is 76.8 Å². The Morgan fingerprint density at radius 3 is 2.57 bits per heavy atom. The molecule has 176 valence electrons. The molecule has 0 saturated carbocycles. The maximum absolute atomic E-state index is 14.0. The zero-order valence-corrected chi connectivity index (χ0v) is 19.3. The minimum absolute atomic E-state index is 0.0784. The van der Waals surface area contributed by atoms with Gasteiger partial charge in [-0.3, -0.25) is 25.0 Å². The fourth-order valence-corrected chi connectivity index (χ4v) is 3.71. The van der Waals surface area contributed by atoms with E-state index in [1.54, 1.807) is 36.4 Å². The van der Waals surface area contributed by atoms with Crippen LogP contribution in [-0.4, -0.2) is 22.8 Å². The highest BCUT2D eigenvalue weighted by molar-refractivity contribution is 9.10. The zero-order valence-electron chi connectivity index (χ0n) is 17.7.